The summed E-state index contributed by atoms with van der Waals surface area (Å²) in [7, 11) is 0. The molecule has 0 amide bonds. The van der Waals surface area contributed by atoms with E-state index in [1.807, 2.05) is 11.8 Å². The van der Waals surface area contributed by atoms with E-state index < -0.39 is 12.2 Å². The first kappa shape index (κ1) is 19.6. The molecular weight excluding hydrogens is 389 g/mol. The summed E-state index contributed by atoms with van der Waals surface area (Å²) in [4.78, 5) is 20.3. The standard InChI is InChI=1S/C18H21F3N6O2/c1-12-11-29-7-6-25(12)15-8-16(28)26-5-3-14(18(19,20)21)27(17(26)24-15)10-13-2-4-22-23-9-13/h2,4,8-9,12,14H,3,5-7,10-11H2,1H3. The normalized spacial score (nSPS) is 22.5. The molecule has 2 aromatic heterocycles. The summed E-state index contributed by atoms with van der Waals surface area (Å²) in [6.07, 6.45) is -1.83. The maximum Gasteiger partial charge on any atom is 0.408 e. The summed E-state index contributed by atoms with van der Waals surface area (Å²) in [5.74, 6) is 0.398. The molecule has 0 aliphatic carbocycles. The number of fused-ring (bicyclic) bond motifs is 1. The zero-order valence-electron chi connectivity index (χ0n) is 15.8. The fourth-order valence-electron chi connectivity index (χ4n) is 3.80. The number of aromatic nitrogens is 4. The van der Waals surface area contributed by atoms with Crippen LogP contribution in [0.25, 0.3) is 0 Å². The van der Waals surface area contributed by atoms with Crippen molar-refractivity contribution in [3.05, 3.63) is 40.4 Å². The van der Waals surface area contributed by atoms with Gasteiger partial charge in [-0.05, 0) is 25.0 Å². The van der Waals surface area contributed by atoms with E-state index >= 15 is 0 Å². The number of hydrogen-bond donors (Lipinski definition) is 0. The van der Waals surface area contributed by atoms with E-state index in [1.165, 1.54) is 23.0 Å². The molecule has 2 aliphatic rings. The second kappa shape index (κ2) is 7.62. The van der Waals surface area contributed by atoms with Crippen molar-refractivity contribution in [2.45, 2.75) is 44.7 Å². The summed E-state index contributed by atoms with van der Waals surface area (Å²) in [5.41, 5.74) is 0.198. The molecule has 11 heteroatoms. The Bertz CT molecular complexity index is 920. The van der Waals surface area contributed by atoms with E-state index in [9.17, 15) is 18.0 Å². The van der Waals surface area contributed by atoms with Gasteiger partial charge in [0.1, 0.15) is 11.9 Å². The Morgan fingerprint density at radius 2 is 2.10 bits per heavy atom. The minimum Gasteiger partial charge on any atom is -0.377 e. The second-order valence-corrected chi connectivity index (χ2v) is 7.25. The van der Waals surface area contributed by atoms with Gasteiger partial charge in [-0.3, -0.25) is 9.36 Å². The molecule has 0 N–H and O–H groups in total. The molecule has 1 fully saturated rings. The molecule has 4 heterocycles. The quantitative estimate of drug-likeness (QED) is 0.761. The number of anilines is 2. The van der Waals surface area contributed by atoms with Crippen molar-refractivity contribution in [3.63, 3.8) is 0 Å². The molecule has 1 saturated heterocycles. The van der Waals surface area contributed by atoms with Gasteiger partial charge in [-0.15, -0.1) is 0 Å². The molecule has 4 rings (SSSR count). The second-order valence-electron chi connectivity index (χ2n) is 7.25. The first-order chi connectivity index (χ1) is 13.8. The van der Waals surface area contributed by atoms with Crippen LogP contribution in [0.1, 0.15) is 18.9 Å². The largest absolute Gasteiger partial charge is 0.408 e. The molecular formula is C18H21F3N6O2. The number of ether oxygens (including phenoxy) is 1. The molecule has 2 atom stereocenters. The summed E-state index contributed by atoms with van der Waals surface area (Å²) in [6, 6.07) is 1.23. The van der Waals surface area contributed by atoms with Gasteiger partial charge in [-0.25, -0.2) is 0 Å². The fraction of sp³-hybridized carbons (Fsp3) is 0.556. The number of halogens is 3. The van der Waals surface area contributed by atoms with E-state index in [0.717, 1.165) is 4.90 Å². The van der Waals surface area contributed by atoms with Crippen molar-refractivity contribution in [1.82, 2.24) is 19.7 Å². The minimum absolute atomic E-state index is 0.0246. The Morgan fingerprint density at radius 3 is 2.79 bits per heavy atom. The summed E-state index contributed by atoms with van der Waals surface area (Å²) < 4.78 is 48.1. The first-order valence-electron chi connectivity index (χ1n) is 9.40. The molecule has 0 bridgehead atoms. The van der Waals surface area contributed by atoms with E-state index in [2.05, 4.69) is 15.2 Å². The Morgan fingerprint density at radius 1 is 1.28 bits per heavy atom. The Balaban J connectivity index is 1.78. The Hall–Kier alpha value is -2.69. The number of morpholine rings is 1. The Labute approximate surface area is 164 Å². The van der Waals surface area contributed by atoms with Crippen LogP contribution in [0.2, 0.25) is 0 Å². The van der Waals surface area contributed by atoms with Gasteiger partial charge in [0.25, 0.3) is 5.56 Å². The van der Waals surface area contributed by atoms with Gasteiger partial charge in [-0.2, -0.15) is 28.4 Å². The molecule has 0 spiro atoms. The van der Waals surface area contributed by atoms with Crippen LogP contribution in [0, 0.1) is 0 Å². The minimum atomic E-state index is -4.45. The van der Waals surface area contributed by atoms with E-state index in [1.54, 1.807) is 6.07 Å². The van der Waals surface area contributed by atoms with Crippen LogP contribution >= 0.6 is 0 Å². The van der Waals surface area contributed by atoms with Crippen LogP contribution in [0.15, 0.2) is 29.3 Å². The molecule has 8 nitrogen and oxygen atoms in total. The Kier molecular flexibility index (Phi) is 5.15. The number of nitrogens with zero attached hydrogens (tertiary/aromatic N) is 6. The number of hydrogen-bond acceptors (Lipinski definition) is 7. The van der Waals surface area contributed by atoms with Crippen molar-refractivity contribution >= 4 is 11.8 Å². The summed E-state index contributed by atoms with van der Waals surface area (Å²) in [5, 5.41) is 7.41. The van der Waals surface area contributed by atoms with Crippen molar-refractivity contribution in [2.75, 3.05) is 29.6 Å². The highest BCUT2D eigenvalue weighted by molar-refractivity contribution is 5.48. The summed E-state index contributed by atoms with van der Waals surface area (Å²) in [6.45, 7) is 3.29. The highest BCUT2D eigenvalue weighted by Gasteiger charge is 2.47. The maximum atomic E-state index is 13.8. The topological polar surface area (TPSA) is 76.4 Å². The van der Waals surface area contributed by atoms with Crippen LogP contribution in [0.4, 0.5) is 24.9 Å². The van der Waals surface area contributed by atoms with Gasteiger partial charge in [0.15, 0.2) is 0 Å². The fourth-order valence-corrected chi connectivity index (χ4v) is 3.80. The van der Waals surface area contributed by atoms with E-state index in [4.69, 9.17) is 4.74 Å². The average molecular weight is 410 g/mol. The van der Waals surface area contributed by atoms with Gasteiger partial charge in [0.2, 0.25) is 5.95 Å². The predicted octanol–water partition coefficient (Wildman–Crippen LogP) is 1.60. The smallest absolute Gasteiger partial charge is 0.377 e. The van der Waals surface area contributed by atoms with Crippen molar-refractivity contribution in [3.8, 4) is 0 Å². The maximum absolute atomic E-state index is 13.8. The number of alkyl halides is 3. The molecule has 156 valence electrons. The van der Waals surface area contributed by atoms with Crippen LogP contribution in [0.3, 0.4) is 0 Å². The van der Waals surface area contributed by atoms with Gasteiger partial charge >= 0.3 is 6.18 Å². The molecule has 2 aromatic rings. The van der Waals surface area contributed by atoms with E-state index in [0.29, 0.717) is 31.1 Å². The van der Waals surface area contributed by atoms with Gasteiger partial charge in [-0.1, -0.05) is 0 Å². The third-order valence-electron chi connectivity index (χ3n) is 5.27. The van der Waals surface area contributed by atoms with Crippen LogP contribution in [-0.4, -0.2) is 57.8 Å². The summed E-state index contributed by atoms with van der Waals surface area (Å²) >= 11 is 0. The zero-order chi connectivity index (χ0) is 20.6. The lowest BCUT2D eigenvalue weighted by Crippen LogP contribution is -2.52. The lowest BCUT2D eigenvalue weighted by Gasteiger charge is -2.40. The van der Waals surface area contributed by atoms with Crippen LogP contribution in [0.5, 0.6) is 0 Å². The monoisotopic (exact) mass is 410 g/mol. The molecule has 0 aromatic carbocycles. The lowest BCUT2D eigenvalue weighted by atomic mass is 10.1. The molecule has 2 unspecified atom stereocenters. The first-order valence-corrected chi connectivity index (χ1v) is 9.40. The molecule has 0 radical (unpaired) electrons. The highest BCUT2D eigenvalue weighted by Crippen LogP contribution is 2.35. The third kappa shape index (κ3) is 3.91. The predicted molar refractivity (Wildman–Crippen MR) is 98.8 cm³/mol. The van der Waals surface area contributed by atoms with Crippen molar-refractivity contribution < 1.29 is 17.9 Å². The average Bonchev–Trinajstić information content (AvgIpc) is 2.68. The van der Waals surface area contributed by atoms with Gasteiger partial charge in [0.05, 0.1) is 25.5 Å². The zero-order valence-corrected chi connectivity index (χ0v) is 15.8. The third-order valence-corrected chi connectivity index (χ3v) is 5.27. The molecule has 29 heavy (non-hydrogen) atoms. The SMILES string of the molecule is CC1COCCN1c1cc(=O)n2c(n1)N(Cc1ccnnc1)C(C(F)(F)F)CC2. The van der Waals surface area contributed by atoms with Crippen LogP contribution in [-0.2, 0) is 17.8 Å². The van der Waals surface area contributed by atoms with Gasteiger partial charge < -0.3 is 14.5 Å². The van der Waals surface area contributed by atoms with E-state index in [-0.39, 0.29) is 37.1 Å². The van der Waals surface area contributed by atoms with Crippen LogP contribution < -0.4 is 15.4 Å². The number of rotatable bonds is 3. The molecule has 0 saturated carbocycles. The van der Waals surface area contributed by atoms with Gasteiger partial charge in [0, 0.05) is 31.9 Å². The highest BCUT2D eigenvalue weighted by atomic mass is 19.4. The van der Waals surface area contributed by atoms with Crippen molar-refractivity contribution in [1.29, 1.82) is 0 Å². The molecule has 2 aliphatic heterocycles. The lowest BCUT2D eigenvalue weighted by molar-refractivity contribution is -0.153. The van der Waals surface area contributed by atoms with Crippen molar-refractivity contribution in [2.24, 2.45) is 0 Å².